The summed E-state index contributed by atoms with van der Waals surface area (Å²) in [6, 6.07) is 10.8. The third-order valence-corrected chi connectivity index (χ3v) is 4.39. The molecular weight excluding hydrogens is 228 g/mol. The standard InChI is InChI=1S/C14H20N2S/c1-3-10(2)12(15)9-17-14-8-11-6-4-5-7-13(11)16-14/h4-8,10,12,16H,3,9,15H2,1-2H3. The number of nitrogens with two attached hydrogens (primary N) is 1. The minimum absolute atomic E-state index is 0.274. The molecule has 3 heteroatoms. The fourth-order valence-electron chi connectivity index (χ4n) is 1.78. The normalized spacial score (nSPS) is 15.0. The van der Waals surface area contributed by atoms with Crippen LogP contribution >= 0.6 is 11.8 Å². The van der Waals surface area contributed by atoms with Gasteiger partial charge in [0.2, 0.25) is 0 Å². The Bertz CT molecular complexity index is 445. The Morgan fingerprint density at radius 2 is 2.12 bits per heavy atom. The van der Waals surface area contributed by atoms with Crippen LogP contribution in [-0.4, -0.2) is 16.8 Å². The summed E-state index contributed by atoms with van der Waals surface area (Å²) in [6.45, 7) is 4.41. The van der Waals surface area contributed by atoms with E-state index in [1.807, 2.05) is 11.8 Å². The van der Waals surface area contributed by atoms with Crippen LogP contribution in [0.4, 0.5) is 0 Å². The average molecular weight is 248 g/mol. The van der Waals surface area contributed by atoms with Crippen molar-refractivity contribution in [1.29, 1.82) is 0 Å². The first-order chi connectivity index (χ1) is 8.20. The van der Waals surface area contributed by atoms with E-state index in [9.17, 15) is 0 Å². The van der Waals surface area contributed by atoms with E-state index in [0.717, 1.165) is 12.2 Å². The maximum Gasteiger partial charge on any atom is 0.0733 e. The molecule has 2 aromatic rings. The molecule has 0 aliphatic carbocycles. The van der Waals surface area contributed by atoms with Gasteiger partial charge in [0.15, 0.2) is 0 Å². The van der Waals surface area contributed by atoms with E-state index < -0.39 is 0 Å². The Morgan fingerprint density at radius 3 is 2.82 bits per heavy atom. The van der Waals surface area contributed by atoms with Crippen LogP contribution < -0.4 is 5.73 Å². The number of nitrogens with one attached hydrogen (secondary N) is 1. The highest BCUT2D eigenvalue weighted by molar-refractivity contribution is 7.99. The summed E-state index contributed by atoms with van der Waals surface area (Å²) in [5.41, 5.74) is 7.34. The molecule has 0 spiro atoms. The highest BCUT2D eigenvalue weighted by Crippen LogP contribution is 2.24. The molecule has 92 valence electrons. The quantitative estimate of drug-likeness (QED) is 0.793. The first-order valence-electron chi connectivity index (χ1n) is 6.17. The van der Waals surface area contributed by atoms with Crippen molar-refractivity contribution in [3.8, 4) is 0 Å². The lowest BCUT2D eigenvalue weighted by atomic mass is 10.0. The maximum absolute atomic E-state index is 6.14. The Balaban J connectivity index is 1.99. The van der Waals surface area contributed by atoms with Crippen LogP contribution in [0.15, 0.2) is 35.4 Å². The smallest absolute Gasteiger partial charge is 0.0733 e. The van der Waals surface area contributed by atoms with Crippen LogP contribution in [0, 0.1) is 5.92 Å². The second kappa shape index (κ2) is 5.61. The monoisotopic (exact) mass is 248 g/mol. The summed E-state index contributed by atoms with van der Waals surface area (Å²) < 4.78 is 0. The van der Waals surface area contributed by atoms with Gasteiger partial charge >= 0.3 is 0 Å². The van der Waals surface area contributed by atoms with Gasteiger partial charge < -0.3 is 10.7 Å². The van der Waals surface area contributed by atoms with E-state index in [-0.39, 0.29) is 6.04 Å². The van der Waals surface area contributed by atoms with Gasteiger partial charge in [-0.2, -0.15) is 0 Å². The summed E-state index contributed by atoms with van der Waals surface area (Å²) in [5, 5.41) is 2.48. The average Bonchev–Trinajstić information content (AvgIpc) is 2.77. The van der Waals surface area contributed by atoms with E-state index in [1.165, 1.54) is 15.9 Å². The lowest BCUT2D eigenvalue weighted by molar-refractivity contribution is 0.475. The molecule has 0 fully saturated rings. The van der Waals surface area contributed by atoms with Crippen LogP contribution in [0.5, 0.6) is 0 Å². The number of aromatic nitrogens is 1. The maximum atomic E-state index is 6.14. The van der Waals surface area contributed by atoms with Gasteiger partial charge in [0.1, 0.15) is 0 Å². The van der Waals surface area contributed by atoms with Crippen molar-refractivity contribution in [2.75, 3.05) is 5.75 Å². The largest absolute Gasteiger partial charge is 0.350 e. The fraction of sp³-hybridized carbons (Fsp3) is 0.429. The number of para-hydroxylation sites is 1. The topological polar surface area (TPSA) is 41.8 Å². The van der Waals surface area contributed by atoms with E-state index >= 15 is 0 Å². The predicted molar refractivity (Wildman–Crippen MR) is 76.5 cm³/mol. The third kappa shape index (κ3) is 3.05. The van der Waals surface area contributed by atoms with Gasteiger partial charge in [-0.25, -0.2) is 0 Å². The highest BCUT2D eigenvalue weighted by Gasteiger charge is 2.11. The van der Waals surface area contributed by atoms with Crippen molar-refractivity contribution >= 4 is 22.7 Å². The molecule has 0 amide bonds. The molecule has 1 aromatic carbocycles. The number of thioether (sulfide) groups is 1. The summed E-state index contributed by atoms with van der Waals surface area (Å²) >= 11 is 1.82. The molecule has 2 atom stereocenters. The number of hydrogen-bond donors (Lipinski definition) is 2. The van der Waals surface area contributed by atoms with Crippen molar-refractivity contribution in [3.05, 3.63) is 30.3 Å². The second-order valence-corrected chi connectivity index (χ2v) is 5.64. The molecule has 2 rings (SSSR count). The fourth-order valence-corrected chi connectivity index (χ4v) is 2.87. The van der Waals surface area contributed by atoms with E-state index in [1.54, 1.807) is 0 Å². The predicted octanol–water partition coefficient (Wildman–Crippen LogP) is 3.63. The third-order valence-electron chi connectivity index (χ3n) is 3.31. The molecule has 1 heterocycles. The first kappa shape index (κ1) is 12.5. The van der Waals surface area contributed by atoms with Crippen LogP contribution in [0.2, 0.25) is 0 Å². The SMILES string of the molecule is CCC(C)C(N)CSc1cc2ccccc2[nH]1. The minimum Gasteiger partial charge on any atom is -0.350 e. The van der Waals surface area contributed by atoms with Gasteiger partial charge in [0.05, 0.1) is 5.03 Å². The Labute approximate surface area is 107 Å². The van der Waals surface area contributed by atoms with Crippen molar-refractivity contribution in [1.82, 2.24) is 4.98 Å². The zero-order chi connectivity index (χ0) is 12.3. The summed E-state index contributed by atoms with van der Waals surface area (Å²) in [4.78, 5) is 3.42. The number of H-pyrrole nitrogens is 1. The van der Waals surface area contributed by atoms with Crippen molar-refractivity contribution in [2.45, 2.75) is 31.3 Å². The molecule has 0 bridgehead atoms. The summed E-state index contributed by atoms with van der Waals surface area (Å²) in [7, 11) is 0. The van der Waals surface area contributed by atoms with Gasteiger partial charge in [-0.3, -0.25) is 0 Å². The molecule has 2 nitrogen and oxygen atoms in total. The Morgan fingerprint density at radius 1 is 1.35 bits per heavy atom. The Hall–Kier alpha value is -0.930. The molecule has 3 N–H and O–H groups in total. The molecule has 17 heavy (non-hydrogen) atoms. The van der Waals surface area contributed by atoms with Crippen LogP contribution in [-0.2, 0) is 0 Å². The van der Waals surface area contributed by atoms with Crippen LogP contribution in [0.1, 0.15) is 20.3 Å². The van der Waals surface area contributed by atoms with Crippen LogP contribution in [0.25, 0.3) is 10.9 Å². The minimum atomic E-state index is 0.274. The van der Waals surface area contributed by atoms with Crippen LogP contribution in [0.3, 0.4) is 0 Å². The molecule has 0 aliphatic heterocycles. The number of fused-ring (bicyclic) bond motifs is 1. The lowest BCUT2D eigenvalue weighted by Crippen LogP contribution is -2.30. The second-order valence-electron chi connectivity index (χ2n) is 4.58. The van der Waals surface area contributed by atoms with Gasteiger partial charge in [-0.05, 0) is 18.1 Å². The molecule has 0 saturated heterocycles. The van der Waals surface area contributed by atoms with Gasteiger partial charge in [0, 0.05) is 22.7 Å². The van der Waals surface area contributed by atoms with E-state index in [4.69, 9.17) is 5.73 Å². The van der Waals surface area contributed by atoms with E-state index in [0.29, 0.717) is 5.92 Å². The zero-order valence-corrected chi connectivity index (χ0v) is 11.3. The summed E-state index contributed by atoms with van der Waals surface area (Å²) in [6.07, 6.45) is 1.15. The molecular formula is C14H20N2S. The van der Waals surface area contributed by atoms with Gasteiger partial charge in [-0.15, -0.1) is 11.8 Å². The van der Waals surface area contributed by atoms with Gasteiger partial charge in [0.25, 0.3) is 0 Å². The van der Waals surface area contributed by atoms with Crippen molar-refractivity contribution in [2.24, 2.45) is 11.7 Å². The molecule has 0 radical (unpaired) electrons. The van der Waals surface area contributed by atoms with Gasteiger partial charge in [-0.1, -0.05) is 38.5 Å². The summed E-state index contributed by atoms with van der Waals surface area (Å²) in [5.74, 6) is 1.56. The zero-order valence-electron chi connectivity index (χ0n) is 10.4. The number of benzene rings is 1. The molecule has 0 aliphatic rings. The Kier molecular flexibility index (Phi) is 4.13. The molecule has 1 aromatic heterocycles. The van der Waals surface area contributed by atoms with E-state index in [2.05, 4.69) is 49.2 Å². The first-order valence-corrected chi connectivity index (χ1v) is 7.15. The van der Waals surface area contributed by atoms with Crippen molar-refractivity contribution < 1.29 is 0 Å². The lowest BCUT2D eigenvalue weighted by Gasteiger charge is -2.17. The number of rotatable bonds is 5. The molecule has 2 unspecified atom stereocenters. The number of hydrogen-bond acceptors (Lipinski definition) is 2. The number of aromatic amines is 1. The highest BCUT2D eigenvalue weighted by atomic mass is 32.2. The molecule has 0 saturated carbocycles. The van der Waals surface area contributed by atoms with Crippen molar-refractivity contribution in [3.63, 3.8) is 0 Å².